The minimum Gasteiger partial charge on any atom is -0.508 e. The Bertz CT molecular complexity index is 3870. The number of aromatic hydroxyl groups is 2. The lowest BCUT2D eigenvalue weighted by Crippen LogP contribution is -2.30. The fraction of sp³-hybridized carbons (Fsp3) is 0.114. The van der Waals surface area contributed by atoms with E-state index in [1.165, 1.54) is 83.8 Å². The summed E-state index contributed by atoms with van der Waals surface area (Å²) in [6.45, 7) is 3.80. The largest absolute Gasteiger partial charge is 0.508 e. The summed E-state index contributed by atoms with van der Waals surface area (Å²) in [7, 11) is 7.36. The SMILES string of the molecule is C.C.CC(CC1C(=O)N(c2ccc(O)cc2)C(=O)C1C)c1ccc(O)cc1.O=C(Cl)/C=C/c1ccc(OC(=O)c2ccc(F)c(F)c2)cc1.O=C(Cl)/C=C/c1ccc(OC(=O)c2ccc(F)c(F)c2)cc1.O=C(O)/C=C/c1ccc(OC(=O)c2ccc(F)c(F)c2)cc1.O=S(Cl)Cl. The molecule has 16 nitrogen and oxygen atoms in total. The highest BCUT2D eigenvalue weighted by molar-refractivity contribution is 8.26. The van der Waals surface area contributed by atoms with Crippen LogP contribution in [-0.4, -0.2) is 65.7 Å². The summed E-state index contributed by atoms with van der Waals surface area (Å²) < 4.78 is 102. The molecule has 0 spiro atoms. The van der Waals surface area contributed by atoms with Crippen LogP contribution in [0.5, 0.6) is 28.7 Å². The second-order valence-corrected chi connectivity index (χ2v) is 22.8. The van der Waals surface area contributed by atoms with E-state index >= 15 is 0 Å². The lowest BCUT2D eigenvalue weighted by molar-refractivity contribution is -0.131. The van der Waals surface area contributed by atoms with Crippen molar-refractivity contribution in [1.82, 2.24) is 0 Å². The fourth-order valence-electron chi connectivity index (χ4n) is 8.14. The predicted octanol–water partition coefficient (Wildman–Crippen LogP) is 16.9. The minimum absolute atomic E-state index is 0. The van der Waals surface area contributed by atoms with Crippen molar-refractivity contribution in [3.63, 3.8) is 0 Å². The molecule has 0 aliphatic carbocycles. The molecule has 0 aromatic heterocycles. The van der Waals surface area contributed by atoms with Crippen LogP contribution in [0, 0.1) is 46.7 Å². The van der Waals surface area contributed by atoms with Crippen LogP contribution < -0.4 is 19.1 Å². The van der Waals surface area contributed by atoms with Crippen LogP contribution in [0.2, 0.25) is 0 Å². The quantitative estimate of drug-likeness (QED) is 0.0203. The molecule has 1 heterocycles. The van der Waals surface area contributed by atoms with Crippen molar-refractivity contribution in [2.45, 2.75) is 41.0 Å². The highest BCUT2D eigenvalue weighted by atomic mass is 36.0. The number of carboxylic acid groups (broad SMARTS) is 1. The standard InChI is InChI=1S/C20H21NO4.2C16H9ClF2O3.C16H10F2O4.2CH4.Cl2OS/c1-12(14-3-7-16(22)8-4-14)11-18-13(2)19(24)21(20(18)25)15-5-9-17(23)10-6-15;2*17-15(20)8-3-10-1-5-12(6-2-10)22-16(21)11-4-7-13(18)14(19)9-11;17-13-7-4-11(9-14(13)18)16(21)22-12-5-1-10(2-6-12)3-8-15(19)20;;;1-4(2)3/h3-10,12-13,18,22-23H,11H2,1-2H3;2*1-9H;1-9H,(H,19,20);2*1H4;/b;3*8-3+;;;. The first-order valence-corrected chi connectivity index (χ1v) is 30.7. The first-order chi connectivity index (χ1) is 45.0. The molecule has 0 radical (unpaired) electrons. The molecule has 27 heteroatoms. The number of phenols is 2. The molecule has 0 bridgehead atoms. The number of halogens is 10. The number of carbonyl (C=O) groups is 8. The molecule has 508 valence electrons. The average Bonchev–Trinajstić information content (AvgIpc) is 1.64. The lowest BCUT2D eigenvalue weighted by atomic mass is 9.85. The number of hydrogen-bond donors (Lipinski definition) is 3. The van der Waals surface area contributed by atoms with Gasteiger partial charge in [0.2, 0.25) is 31.5 Å². The number of rotatable bonds is 16. The van der Waals surface area contributed by atoms with Crippen LogP contribution in [0.1, 0.15) is 94.4 Å². The van der Waals surface area contributed by atoms with Crippen LogP contribution in [0.3, 0.4) is 0 Å². The number of esters is 3. The second-order valence-electron chi connectivity index (χ2n) is 19.5. The van der Waals surface area contributed by atoms with Crippen LogP contribution in [0.25, 0.3) is 18.2 Å². The Hall–Kier alpha value is -10.2. The number of carbonyl (C=O) groups excluding carboxylic acids is 7. The summed E-state index contributed by atoms with van der Waals surface area (Å²) in [4.78, 5) is 93.6. The molecule has 1 aliphatic heterocycles. The summed E-state index contributed by atoms with van der Waals surface area (Å²) in [5, 5.41) is 26.1. The topological polar surface area (TPSA) is 245 Å². The van der Waals surface area contributed by atoms with Gasteiger partial charge in [-0.1, -0.05) is 89.4 Å². The Balaban J connectivity index is 0.000000328. The average molecular weight is 1440 g/mol. The first-order valence-electron chi connectivity index (χ1n) is 27.2. The molecule has 8 aromatic rings. The minimum atomic E-state index is -1.67. The summed E-state index contributed by atoms with van der Waals surface area (Å²) in [5.41, 5.74) is 3.16. The maximum absolute atomic E-state index is 13.1. The summed E-state index contributed by atoms with van der Waals surface area (Å²) in [6, 6.07) is 39.6. The molecule has 0 saturated carbocycles. The van der Waals surface area contributed by atoms with E-state index in [-0.39, 0.29) is 89.9 Å². The van der Waals surface area contributed by atoms with Gasteiger partial charge in [0.1, 0.15) is 28.7 Å². The van der Waals surface area contributed by atoms with Gasteiger partial charge in [-0.2, -0.15) is 0 Å². The van der Waals surface area contributed by atoms with E-state index in [4.69, 9.17) is 46.7 Å². The van der Waals surface area contributed by atoms with Gasteiger partial charge >= 0.3 is 23.9 Å². The molecule has 2 amide bonds. The van der Waals surface area contributed by atoms with E-state index in [2.05, 4.69) is 21.4 Å². The van der Waals surface area contributed by atoms with E-state index in [0.717, 1.165) is 66.2 Å². The normalized spacial score (nSPS) is 13.2. The number of imide groups is 1. The van der Waals surface area contributed by atoms with Crippen LogP contribution >= 0.6 is 44.6 Å². The number of anilines is 1. The van der Waals surface area contributed by atoms with Crippen molar-refractivity contribution in [3.05, 3.63) is 268 Å². The van der Waals surface area contributed by atoms with Crippen molar-refractivity contribution in [1.29, 1.82) is 0 Å². The van der Waals surface area contributed by atoms with Crippen LogP contribution in [0.4, 0.5) is 32.0 Å². The molecule has 8 aromatic carbocycles. The van der Waals surface area contributed by atoms with E-state index < -0.39 is 78.5 Å². The zero-order valence-corrected chi connectivity index (χ0v) is 52.9. The van der Waals surface area contributed by atoms with Crippen molar-refractivity contribution in [2.75, 3.05) is 4.90 Å². The monoisotopic (exact) mass is 1440 g/mol. The third-order valence-corrected chi connectivity index (χ3v) is 13.2. The van der Waals surface area contributed by atoms with E-state index in [1.54, 1.807) is 67.6 Å². The summed E-state index contributed by atoms with van der Waals surface area (Å²) in [6.07, 6.45) is 8.27. The number of aliphatic carboxylic acids is 1. The molecule has 3 atom stereocenters. The number of allylic oxidation sites excluding steroid dienone is 2. The summed E-state index contributed by atoms with van der Waals surface area (Å²) in [5.74, 6) is -10.2. The number of phenolic OH excluding ortho intramolecular Hbond substituents is 2. The zero-order valence-electron chi connectivity index (χ0n) is 49.0. The molecule has 9 rings (SSSR count). The number of nitrogens with zero attached hydrogens (tertiary/aromatic N) is 1. The number of amides is 2. The Morgan fingerprint density at radius 2 is 0.804 bits per heavy atom. The maximum Gasteiger partial charge on any atom is 0.343 e. The van der Waals surface area contributed by atoms with Crippen molar-refractivity contribution in [2.24, 2.45) is 11.8 Å². The molecule has 3 unspecified atom stereocenters. The van der Waals surface area contributed by atoms with Gasteiger partial charge in [0.25, 0.3) is 0 Å². The fourth-order valence-corrected chi connectivity index (χ4v) is 8.27. The Morgan fingerprint density at radius 1 is 0.495 bits per heavy atom. The smallest absolute Gasteiger partial charge is 0.343 e. The Kier molecular flexibility index (Phi) is 33.1. The van der Waals surface area contributed by atoms with E-state index in [0.29, 0.717) is 28.8 Å². The van der Waals surface area contributed by atoms with Gasteiger partial charge in [0, 0.05) is 33.4 Å². The highest BCUT2D eigenvalue weighted by Crippen LogP contribution is 2.38. The number of ether oxygens (including phenoxy) is 3. The van der Waals surface area contributed by atoms with Gasteiger partial charge in [-0.25, -0.2) is 49.7 Å². The number of carboxylic acids is 1. The molecule has 3 N–H and O–H groups in total. The van der Waals surface area contributed by atoms with Gasteiger partial charge in [-0.05, 0) is 203 Å². The molecule has 1 fully saturated rings. The number of benzene rings is 8. The van der Waals surface area contributed by atoms with Gasteiger partial charge in [-0.15, -0.1) is 0 Å². The lowest BCUT2D eigenvalue weighted by Gasteiger charge is -2.18. The van der Waals surface area contributed by atoms with Gasteiger partial charge < -0.3 is 29.5 Å². The van der Waals surface area contributed by atoms with E-state index in [1.807, 2.05) is 19.1 Å². The number of hydrogen-bond acceptors (Lipinski definition) is 14. The second kappa shape index (κ2) is 39.6. The third kappa shape index (κ3) is 26.9. The molecular formula is C70H57Cl4F6NO15S. The zero-order chi connectivity index (χ0) is 70.1. The van der Waals surface area contributed by atoms with E-state index in [9.17, 15) is 74.9 Å². The van der Waals surface area contributed by atoms with Crippen molar-refractivity contribution >= 4 is 124 Å². The van der Waals surface area contributed by atoms with Crippen molar-refractivity contribution in [3.8, 4) is 28.7 Å². The van der Waals surface area contributed by atoms with Gasteiger partial charge in [0.05, 0.1) is 28.3 Å². The van der Waals surface area contributed by atoms with Crippen LogP contribution in [-0.2, 0) is 33.2 Å². The van der Waals surface area contributed by atoms with Gasteiger partial charge in [-0.3, -0.25) is 24.1 Å². The highest BCUT2D eigenvalue weighted by Gasteiger charge is 2.46. The van der Waals surface area contributed by atoms with Gasteiger partial charge in [0.15, 0.2) is 34.9 Å². The maximum atomic E-state index is 13.1. The molecular weight excluding hydrogens is 1380 g/mol. The predicted molar refractivity (Wildman–Crippen MR) is 357 cm³/mol. The third-order valence-electron chi connectivity index (χ3n) is 12.9. The molecule has 97 heavy (non-hydrogen) atoms. The van der Waals surface area contributed by atoms with Crippen molar-refractivity contribution < 1.29 is 98.4 Å². The first kappa shape index (κ1) is 81.1. The summed E-state index contributed by atoms with van der Waals surface area (Å²) >= 11 is 10.3. The Labute approximate surface area is 573 Å². The molecule has 1 saturated heterocycles. The van der Waals surface area contributed by atoms with Crippen LogP contribution in [0.15, 0.2) is 194 Å². The molecule has 1 aliphatic rings. The Morgan fingerprint density at radius 3 is 1.10 bits per heavy atom.